The number of amides is 1. The van der Waals surface area contributed by atoms with Gasteiger partial charge in [-0.25, -0.2) is 4.39 Å². The molecule has 0 saturated carbocycles. The van der Waals surface area contributed by atoms with E-state index in [-0.39, 0.29) is 18.0 Å². The summed E-state index contributed by atoms with van der Waals surface area (Å²) in [7, 11) is 1.92. The summed E-state index contributed by atoms with van der Waals surface area (Å²) in [6, 6.07) is 7.97. The van der Waals surface area contributed by atoms with Gasteiger partial charge >= 0.3 is 0 Å². The third-order valence-electron chi connectivity index (χ3n) is 2.98. The van der Waals surface area contributed by atoms with Gasteiger partial charge in [0.2, 0.25) is 5.91 Å². The Morgan fingerprint density at radius 3 is 2.73 bits per heavy atom. The molecule has 0 atom stereocenters. The molecule has 0 saturated heterocycles. The second kappa shape index (κ2) is 7.92. The van der Waals surface area contributed by atoms with Crippen LogP contribution < -0.4 is 5.32 Å². The van der Waals surface area contributed by atoms with E-state index in [1.165, 1.54) is 29.5 Å². The molecule has 0 aliphatic rings. The van der Waals surface area contributed by atoms with Crippen LogP contribution in [0.3, 0.4) is 0 Å². The highest BCUT2D eigenvalue weighted by Gasteiger charge is 2.09. The minimum absolute atomic E-state index is 0.141. The van der Waals surface area contributed by atoms with E-state index < -0.39 is 5.82 Å². The molecule has 0 aliphatic heterocycles. The summed E-state index contributed by atoms with van der Waals surface area (Å²) in [5.74, 6) is -0.778. The minimum atomic E-state index is -0.539. The Kier molecular flexibility index (Phi) is 6.20. The van der Waals surface area contributed by atoms with Gasteiger partial charge in [0, 0.05) is 29.4 Å². The standard InChI is InChI=1S/C15H15Cl2FN2OS/c1-20(9-11-3-5-14(17)22-11)7-6-15(21)19-13-4-2-10(16)8-12(13)18/h2-5,8H,6-7,9H2,1H3,(H,19,21). The second-order valence-corrected chi connectivity index (χ2v) is 7.10. The van der Waals surface area contributed by atoms with Crippen molar-refractivity contribution in [3.05, 3.63) is 50.4 Å². The molecule has 1 aromatic carbocycles. The molecule has 7 heteroatoms. The molecule has 0 spiro atoms. The van der Waals surface area contributed by atoms with Crippen LogP contribution in [0.1, 0.15) is 11.3 Å². The summed E-state index contributed by atoms with van der Waals surface area (Å²) in [5.41, 5.74) is 0.141. The number of thiophene rings is 1. The van der Waals surface area contributed by atoms with Gasteiger partial charge in [-0.1, -0.05) is 23.2 Å². The van der Waals surface area contributed by atoms with E-state index >= 15 is 0 Å². The Morgan fingerprint density at radius 2 is 2.09 bits per heavy atom. The first-order chi connectivity index (χ1) is 10.4. The van der Waals surface area contributed by atoms with Crippen molar-refractivity contribution < 1.29 is 9.18 Å². The fourth-order valence-electron chi connectivity index (χ4n) is 1.88. The van der Waals surface area contributed by atoms with Crippen LogP contribution in [0, 0.1) is 5.82 Å². The van der Waals surface area contributed by atoms with E-state index in [9.17, 15) is 9.18 Å². The number of hydrogen-bond acceptors (Lipinski definition) is 3. The quantitative estimate of drug-likeness (QED) is 0.812. The summed E-state index contributed by atoms with van der Waals surface area (Å²) < 4.78 is 14.3. The van der Waals surface area contributed by atoms with Crippen LogP contribution in [-0.2, 0) is 11.3 Å². The van der Waals surface area contributed by atoms with Crippen molar-refractivity contribution in [1.82, 2.24) is 4.90 Å². The highest BCUT2D eigenvalue weighted by Crippen LogP contribution is 2.22. The number of anilines is 1. The molecule has 3 nitrogen and oxygen atoms in total. The number of carbonyl (C=O) groups excluding carboxylic acids is 1. The van der Waals surface area contributed by atoms with Gasteiger partial charge in [-0.05, 0) is 37.4 Å². The molecular weight excluding hydrogens is 346 g/mol. The van der Waals surface area contributed by atoms with E-state index in [1.54, 1.807) is 0 Å². The maximum absolute atomic E-state index is 13.6. The Hall–Kier alpha value is -1.14. The van der Waals surface area contributed by atoms with Crippen molar-refractivity contribution >= 4 is 46.1 Å². The number of benzene rings is 1. The lowest BCUT2D eigenvalue weighted by Gasteiger charge is -2.15. The Labute approximate surface area is 142 Å². The van der Waals surface area contributed by atoms with Crippen molar-refractivity contribution in [1.29, 1.82) is 0 Å². The summed E-state index contributed by atoms with van der Waals surface area (Å²) in [6.45, 7) is 1.29. The summed E-state index contributed by atoms with van der Waals surface area (Å²) in [4.78, 5) is 15.0. The predicted octanol–water partition coefficient (Wildman–Crippen LogP) is 4.65. The lowest BCUT2D eigenvalue weighted by molar-refractivity contribution is -0.116. The third-order valence-corrected chi connectivity index (χ3v) is 4.43. The highest BCUT2D eigenvalue weighted by molar-refractivity contribution is 7.16. The molecule has 1 amide bonds. The molecule has 1 heterocycles. The van der Waals surface area contributed by atoms with Gasteiger partial charge in [0.25, 0.3) is 0 Å². The molecular formula is C15H15Cl2FN2OS. The molecule has 1 aromatic heterocycles. The van der Waals surface area contributed by atoms with E-state index in [2.05, 4.69) is 5.32 Å². The highest BCUT2D eigenvalue weighted by atomic mass is 35.5. The molecule has 0 aliphatic carbocycles. The van der Waals surface area contributed by atoms with E-state index in [0.717, 1.165) is 15.8 Å². The van der Waals surface area contributed by atoms with Crippen LogP contribution in [0.2, 0.25) is 9.36 Å². The first kappa shape index (κ1) is 17.2. The second-order valence-electron chi connectivity index (χ2n) is 4.87. The normalized spacial score (nSPS) is 11.0. The Morgan fingerprint density at radius 1 is 1.32 bits per heavy atom. The number of rotatable bonds is 6. The van der Waals surface area contributed by atoms with Crippen molar-refractivity contribution in [3.8, 4) is 0 Å². The van der Waals surface area contributed by atoms with Crippen molar-refractivity contribution in [2.45, 2.75) is 13.0 Å². The lowest BCUT2D eigenvalue weighted by atomic mass is 10.3. The van der Waals surface area contributed by atoms with Crippen LogP contribution >= 0.6 is 34.5 Å². The lowest BCUT2D eigenvalue weighted by Crippen LogP contribution is -2.23. The van der Waals surface area contributed by atoms with E-state index in [1.807, 2.05) is 24.1 Å². The Balaban J connectivity index is 1.79. The van der Waals surface area contributed by atoms with Crippen LogP contribution in [0.4, 0.5) is 10.1 Å². The largest absolute Gasteiger partial charge is 0.324 e. The summed E-state index contributed by atoms with van der Waals surface area (Å²) >= 11 is 13.1. The van der Waals surface area contributed by atoms with Gasteiger partial charge in [0.05, 0.1) is 10.0 Å². The molecule has 1 N–H and O–H groups in total. The predicted molar refractivity (Wildman–Crippen MR) is 90.3 cm³/mol. The fraction of sp³-hybridized carbons (Fsp3) is 0.267. The van der Waals surface area contributed by atoms with E-state index in [0.29, 0.717) is 11.6 Å². The van der Waals surface area contributed by atoms with Crippen LogP contribution in [0.25, 0.3) is 0 Å². The van der Waals surface area contributed by atoms with Crippen LogP contribution in [-0.4, -0.2) is 24.4 Å². The van der Waals surface area contributed by atoms with Gasteiger partial charge in [-0.3, -0.25) is 4.79 Å². The van der Waals surface area contributed by atoms with Crippen LogP contribution in [0.5, 0.6) is 0 Å². The number of halogens is 3. The number of nitrogens with one attached hydrogen (secondary N) is 1. The fourth-order valence-corrected chi connectivity index (χ4v) is 3.20. The van der Waals surface area contributed by atoms with Gasteiger partial charge in [-0.15, -0.1) is 11.3 Å². The number of nitrogens with zero attached hydrogens (tertiary/aromatic N) is 1. The zero-order valence-electron chi connectivity index (χ0n) is 11.9. The molecule has 2 aromatic rings. The average Bonchev–Trinajstić information content (AvgIpc) is 2.85. The van der Waals surface area contributed by atoms with Crippen molar-refractivity contribution in [3.63, 3.8) is 0 Å². The first-order valence-corrected chi connectivity index (χ1v) is 8.19. The summed E-state index contributed by atoms with van der Waals surface area (Å²) in [5, 5.41) is 2.84. The number of carbonyl (C=O) groups is 1. The van der Waals surface area contributed by atoms with Gasteiger partial charge in [-0.2, -0.15) is 0 Å². The molecule has 118 valence electrons. The molecule has 0 unspecified atom stereocenters. The molecule has 2 rings (SSSR count). The topological polar surface area (TPSA) is 32.3 Å². The van der Waals surface area contributed by atoms with Crippen LogP contribution in [0.15, 0.2) is 30.3 Å². The average molecular weight is 361 g/mol. The monoisotopic (exact) mass is 360 g/mol. The summed E-state index contributed by atoms with van der Waals surface area (Å²) in [6.07, 6.45) is 0.275. The first-order valence-electron chi connectivity index (χ1n) is 6.61. The van der Waals surface area contributed by atoms with Gasteiger partial charge < -0.3 is 10.2 Å². The molecule has 0 radical (unpaired) electrons. The zero-order chi connectivity index (χ0) is 16.1. The van der Waals surface area contributed by atoms with Crippen molar-refractivity contribution in [2.75, 3.05) is 18.9 Å². The van der Waals surface area contributed by atoms with Crippen molar-refractivity contribution in [2.24, 2.45) is 0 Å². The Bertz CT molecular complexity index is 663. The smallest absolute Gasteiger partial charge is 0.225 e. The van der Waals surface area contributed by atoms with Gasteiger partial charge in [0.15, 0.2) is 0 Å². The van der Waals surface area contributed by atoms with Gasteiger partial charge in [0.1, 0.15) is 5.82 Å². The minimum Gasteiger partial charge on any atom is -0.324 e. The third kappa shape index (κ3) is 5.25. The zero-order valence-corrected chi connectivity index (χ0v) is 14.2. The van der Waals surface area contributed by atoms with E-state index in [4.69, 9.17) is 23.2 Å². The maximum Gasteiger partial charge on any atom is 0.225 e. The molecule has 0 bridgehead atoms. The molecule has 22 heavy (non-hydrogen) atoms. The number of hydrogen-bond donors (Lipinski definition) is 1. The SMILES string of the molecule is CN(CCC(=O)Nc1ccc(Cl)cc1F)Cc1ccc(Cl)s1. The maximum atomic E-state index is 13.6. The molecule has 0 fully saturated rings.